The quantitative estimate of drug-likeness (QED) is 0.152. The van der Waals surface area contributed by atoms with E-state index in [1.165, 1.54) is 11.1 Å². The number of ether oxygens (including phenoxy) is 1. The fourth-order valence-electron chi connectivity index (χ4n) is 11.9. The van der Waals surface area contributed by atoms with Gasteiger partial charge in [0, 0.05) is 66.4 Å². The molecule has 2 aliphatic rings. The third kappa shape index (κ3) is 7.19. The average molecular weight is 959 g/mol. The van der Waals surface area contributed by atoms with Gasteiger partial charge in [0.2, 0.25) is 0 Å². The summed E-state index contributed by atoms with van der Waals surface area (Å²) < 4.78 is 20.8. The van der Waals surface area contributed by atoms with Crippen molar-refractivity contribution < 1.29 is 13.6 Å². The van der Waals surface area contributed by atoms with Crippen LogP contribution in [0.5, 0.6) is 5.75 Å². The topological polar surface area (TPSA) is 35.5 Å². The molecule has 0 amide bonds. The molecule has 0 fully saturated rings. The Morgan fingerprint density at radius 1 is 0.293 bits per heavy atom. The Balaban J connectivity index is 0.755. The predicted molar refractivity (Wildman–Crippen MR) is 310 cm³/mol. The van der Waals surface area contributed by atoms with Gasteiger partial charge in [-0.05, 0) is 86.3 Å². The lowest BCUT2D eigenvalue weighted by atomic mass is 9.85. The van der Waals surface area contributed by atoms with Gasteiger partial charge in [-0.3, -0.25) is 0 Å². The number of hydrogen-bond acceptors (Lipinski definition) is 3. The molecule has 3 heterocycles. The highest BCUT2D eigenvalue weighted by Crippen LogP contribution is 2.52. The van der Waals surface area contributed by atoms with Gasteiger partial charge in [-0.25, -0.2) is 0 Å². The monoisotopic (exact) mass is 958 g/mol. The van der Waals surface area contributed by atoms with E-state index in [1.807, 2.05) is 6.07 Å². The van der Waals surface area contributed by atoms with Gasteiger partial charge in [0.05, 0.1) is 0 Å². The lowest BCUT2D eigenvalue weighted by Gasteiger charge is -2.18. The van der Waals surface area contributed by atoms with E-state index >= 15 is 0 Å². The van der Waals surface area contributed by atoms with Crippen molar-refractivity contribution in [3.05, 3.63) is 278 Å². The summed E-state index contributed by atoms with van der Waals surface area (Å²) in [6.07, 6.45) is 5.46. The molecule has 352 valence electrons. The minimum absolute atomic E-state index is 0.188. The van der Waals surface area contributed by atoms with Crippen LogP contribution in [-0.2, 0) is 0 Å². The normalized spacial score (nSPS) is 13.9. The minimum Gasteiger partial charge on any atom is -0.459 e. The maximum atomic E-state index is 7.06. The summed E-state index contributed by atoms with van der Waals surface area (Å²) in [6, 6.07) is 88.9. The molecular formula is C72H46O3. The molecule has 1 aliphatic heterocycles. The van der Waals surface area contributed by atoms with E-state index in [0.717, 1.165) is 145 Å². The Kier molecular flexibility index (Phi) is 10.0. The number of benzene rings is 11. The van der Waals surface area contributed by atoms with E-state index in [1.54, 1.807) is 0 Å². The molecule has 0 saturated heterocycles. The van der Waals surface area contributed by atoms with Crippen molar-refractivity contribution in [1.29, 1.82) is 0 Å². The van der Waals surface area contributed by atoms with Gasteiger partial charge in [0.15, 0.2) is 0 Å². The first-order valence-corrected chi connectivity index (χ1v) is 25.8. The van der Waals surface area contributed by atoms with Crippen molar-refractivity contribution in [3.8, 4) is 83.6 Å². The Morgan fingerprint density at radius 3 is 1.11 bits per heavy atom. The number of rotatable bonds is 8. The second kappa shape index (κ2) is 17.5. The molecule has 0 bridgehead atoms. The van der Waals surface area contributed by atoms with Crippen LogP contribution in [0.15, 0.2) is 275 Å². The van der Waals surface area contributed by atoms with E-state index in [2.05, 4.69) is 255 Å². The molecule has 0 spiro atoms. The number of hydrogen-bond donors (Lipinski definition) is 0. The average Bonchev–Trinajstić information content (AvgIpc) is 4.20. The zero-order chi connectivity index (χ0) is 49.4. The van der Waals surface area contributed by atoms with Gasteiger partial charge >= 0.3 is 0 Å². The van der Waals surface area contributed by atoms with E-state index in [9.17, 15) is 0 Å². The highest BCUT2D eigenvalue weighted by Gasteiger charge is 2.35. The minimum atomic E-state index is 0.188. The number of furan rings is 2. The predicted octanol–water partition coefficient (Wildman–Crippen LogP) is 20.0. The van der Waals surface area contributed by atoms with Gasteiger partial charge in [-0.15, -0.1) is 0 Å². The first-order chi connectivity index (χ1) is 37.2. The fourth-order valence-corrected chi connectivity index (χ4v) is 11.9. The first-order valence-electron chi connectivity index (χ1n) is 25.8. The van der Waals surface area contributed by atoms with Crippen LogP contribution >= 0.6 is 0 Å². The van der Waals surface area contributed by atoms with Crippen molar-refractivity contribution >= 4 is 49.5 Å². The van der Waals surface area contributed by atoms with Crippen LogP contribution < -0.4 is 4.74 Å². The summed E-state index contributed by atoms with van der Waals surface area (Å²) in [6.45, 7) is 0. The summed E-state index contributed by atoms with van der Waals surface area (Å²) in [4.78, 5) is 0. The molecule has 1 unspecified atom stereocenters. The molecular weight excluding hydrogens is 913 g/mol. The molecule has 0 radical (unpaired) electrons. The number of para-hydroxylation sites is 5. The van der Waals surface area contributed by atoms with Crippen molar-refractivity contribution in [3.63, 3.8) is 0 Å². The third-order valence-electron chi connectivity index (χ3n) is 15.5. The van der Waals surface area contributed by atoms with Crippen molar-refractivity contribution in [2.45, 2.75) is 12.3 Å². The van der Waals surface area contributed by atoms with Crippen molar-refractivity contribution in [1.82, 2.24) is 0 Å². The molecule has 0 saturated carbocycles. The van der Waals surface area contributed by atoms with Crippen LogP contribution in [0.25, 0.3) is 127 Å². The Hall–Kier alpha value is -9.70. The van der Waals surface area contributed by atoms with Crippen LogP contribution in [0.1, 0.15) is 23.5 Å². The lowest BCUT2D eigenvalue weighted by Crippen LogP contribution is -2.05. The molecule has 13 aromatic rings. The Morgan fingerprint density at radius 2 is 0.640 bits per heavy atom. The van der Waals surface area contributed by atoms with Crippen LogP contribution in [0, 0.1) is 0 Å². The molecule has 1 aliphatic carbocycles. The van der Waals surface area contributed by atoms with Crippen LogP contribution in [-0.4, -0.2) is 0 Å². The molecule has 3 nitrogen and oxygen atoms in total. The largest absolute Gasteiger partial charge is 0.459 e. The van der Waals surface area contributed by atoms with E-state index in [4.69, 9.17) is 13.6 Å². The van der Waals surface area contributed by atoms with Gasteiger partial charge in [-0.1, -0.05) is 237 Å². The van der Waals surface area contributed by atoms with E-state index < -0.39 is 0 Å². The smallest absolute Gasteiger partial charge is 0.143 e. The molecule has 11 aromatic carbocycles. The lowest BCUT2D eigenvalue weighted by molar-refractivity contribution is 0.430. The number of fused-ring (bicyclic) bond motifs is 9. The summed E-state index contributed by atoms with van der Waals surface area (Å²) in [5, 5.41) is 4.42. The zero-order valence-corrected chi connectivity index (χ0v) is 40.8. The summed E-state index contributed by atoms with van der Waals surface area (Å²) >= 11 is 0. The Labute approximate surface area is 434 Å². The van der Waals surface area contributed by atoms with Gasteiger partial charge in [0.25, 0.3) is 0 Å². The molecule has 2 aromatic heterocycles. The van der Waals surface area contributed by atoms with Gasteiger partial charge in [-0.2, -0.15) is 0 Å². The van der Waals surface area contributed by atoms with E-state index in [-0.39, 0.29) is 5.92 Å². The maximum absolute atomic E-state index is 7.06. The standard InChI is InChI=1S/C72H46O3/c1-3-17-45(18-4-1)55-29-11-35-61-63-37-13-31-57(69(63)73-67(55)61)51-25-7-21-47(41-51)49-23-9-27-53(43-49)59-33-15-39-65-66-40-16-34-60(72(66)75-71(59)65)54-28-10-24-50(44-54)48-22-8-26-52(42-48)58-32-14-38-64-62-36-12-30-56(68(62)74-70(58)64)46-19-5-2-6-20-46/h1-37,39-44,64H,38H2. The highest BCUT2D eigenvalue weighted by atomic mass is 16.5. The molecule has 0 N–H and O–H groups in total. The van der Waals surface area contributed by atoms with Crippen molar-refractivity contribution in [2.75, 3.05) is 0 Å². The molecule has 15 rings (SSSR count). The molecule has 75 heavy (non-hydrogen) atoms. The van der Waals surface area contributed by atoms with Crippen LogP contribution in [0.3, 0.4) is 0 Å². The summed E-state index contributed by atoms with van der Waals surface area (Å²) in [7, 11) is 0. The molecule has 1 atom stereocenters. The van der Waals surface area contributed by atoms with Gasteiger partial charge in [0.1, 0.15) is 33.8 Å². The van der Waals surface area contributed by atoms with E-state index in [0.29, 0.717) is 0 Å². The van der Waals surface area contributed by atoms with Crippen molar-refractivity contribution in [2.24, 2.45) is 0 Å². The zero-order valence-electron chi connectivity index (χ0n) is 40.8. The Bertz CT molecular complexity index is 4470. The summed E-state index contributed by atoms with van der Waals surface area (Å²) in [5.74, 6) is 2.20. The molecule has 3 heteroatoms. The second-order valence-corrected chi connectivity index (χ2v) is 19.8. The highest BCUT2D eigenvalue weighted by molar-refractivity contribution is 6.14. The first kappa shape index (κ1) is 42.9. The van der Waals surface area contributed by atoms with Crippen LogP contribution in [0.4, 0.5) is 0 Å². The number of allylic oxidation sites excluding steroid dienone is 4. The SMILES string of the molecule is C1=CC(c2cccc(-c3cccc(-c4cccc5c4oc4c(-c6cccc(-c7cccc(-c8cccc9c8oc8c(-c%10ccccc%10)cccc89)c7)c6)cccc45)c3)c2)=C2Oc3c(-c4ccccc4)cccc3C2C1. The second-order valence-electron chi connectivity index (χ2n) is 19.8. The fraction of sp³-hybridized carbons (Fsp3) is 0.0278. The van der Waals surface area contributed by atoms with Crippen LogP contribution in [0.2, 0.25) is 0 Å². The van der Waals surface area contributed by atoms with Gasteiger partial charge < -0.3 is 13.6 Å². The third-order valence-corrected chi connectivity index (χ3v) is 15.5. The summed E-state index contributed by atoms with van der Waals surface area (Å²) in [5.41, 5.74) is 22.7. The maximum Gasteiger partial charge on any atom is 0.143 e.